The molecule has 0 rings (SSSR count). The highest BCUT2D eigenvalue weighted by atomic mass is 16.5. The number of carbonyl (C=O) groups is 2. The molecule has 6 heteroatoms. The van der Waals surface area contributed by atoms with Gasteiger partial charge < -0.3 is 20.4 Å². The Hall–Kier alpha value is -1.14. The van der Waals surface area contributed by atoms with Crippen LogP contribution in [-0.4, -0.2) is 38.2 Å². The van der Waals surface area contributed by atoms with Crippen molar-refractivity contribution in [2.45, 2.75) is 26.1 Å². The number of rotatable bonds is 4. The summed E-state index contributed by atoms with van der Waals surface area (Å²) in [6, 6.07) is 0. The lowest BCUT2D eigenvalue weighted by molar-refractivity contribution is -0.243. The van der Waals surface area contributed by atoms with Crippen LogP contribution in [0.2, 0.25) is 0 Å². The molecule has 0 aliphatic heterocycles. The summed E-state index contributed by atoms with van der Waals surface area (Å²) in [5.41, 5.74) is -1.65. The molecule has 0 bridgehead atoms. The molecule has 13 heavy (non-hydrogen) atoms. The molecule has 0 saturated carbocycles. The zero-order valence-electron chi connectivity index (χ0n) is 7.31. The first-order valence-corrected chi connectivity index (χ1v) is 3.51. The van der Waals surface area contributed by atoms with Crippen LogP contribution in [0.4, 0.5) is 0 Å². The number of hydrogen-bond acceptors (Lipinski definition) is 4. The second-order valence-electron chi connectivity index (χ2n) is 3.43. The van der Waals surface area contributed by atoms with E-state index in [9.17, 15) is 9.59 Å². The van der Waals surface area contributed by atoms with Crippen LogP contribution in [0.1, 0.15) is 20.3 Å². The quantitative estimate of drug-likeness (QED) is 0.436. The third kappa shape index (κ3) is 2.40. The first-order valence-electron chi connectivity index (χ1n) is 3.51. The normalized spacial score (nSPS) is 12.6. The molecule has 0 spiro atoms. The van der Waals surface area contributed by atoms with Crippen LogP contribution >= 0.6 is 0 Å². The number of carboxylic acid groups (broad SMARTS) is 2. The minimum absolute atomic E-state index is 0.647. The summed E-state index contributed by atoms with van der Waals surface area (Å²) < 4.78 is 0. The second kappa shape index (κ2) is 3.31. The third-order valence-corrected chi connectivity index (χ3v) is 1.84. The summed E-state index contributed by atoms with van der Waals surface area (Å²) >= 11 is 0. The van der Waals surface area contributed by atoms with E-state index in [4.69, 9.17) is 20.4 Å². The number of carboxylic acids is 2. The van der Waals surface area contributed by atoms with Crippen LogP contribution in [0.25, 0.3) is 0 Å². The van der Waals surface area contributed by atoms with Crippen LogP contribution in [0.15, 0.2) is 0 Å². The molecule has 6 nitrogen and oxygen atoms in total. The summed E-state index contributed by atoms with van der Waals surface area (Å²) in [5, 5.41) is 34.9. The Morgan fingerprint density at radius 3 is 1.77 bits per heavy atom. The first kappa shape index (κ1) is 11.9. The van der Waals surface area contributed by atoms with E-state index in [0.717, 1.165) is 13.8 Å². The first-order chi connectivity index (χ1) is 5.61. The van der Waals surface area contributed by atoms with Crippen LogP contribution in [-0.2, 0) is 9.59 Å². The molecule has 4 N–H and O–H groups in total. The van der Waals surface area contributed by atoms with Gasteiger partial charge in [0.15, 0.2) is 0 Å². The van der Waals surface area contributed by atoms with Gasteiger partial charge in [-0.1, -0.05) is 13.8 Å². The minimum Gasteiger partial charge on any atom is -0.481 e. The van der Waals surface area contributed by atoms with Crippen molar-refractivity contribution in [2.75, 3.05) is 0 Å². The Morgan fingerprint density at radius 1 is 1.15 bits per heavy atom. The lowest BCUT2D eigenvalue weighted by Crippen LogP contribution is -2.52. The number of aliphatic hydroxyl groups is 2. The van der Waals surface area contributed by atoms with Crippen molar-refractivity contribution in [3.63, 3.8) is 0 Å². The molecule has 0 amide bonds. The van der Waals surface area contributed by atoms with Gasteiger partial charge in [0.1, 0.15) is 0 Å². The van der Waals surface area contributed by atoms with Gasteiger partial charge in [0.05, 0.1) is 6.42 Å². The molecule has 0 radical (unpaired) electrons. The summed E-state index contributed by atoms with van der Waals surface area (Å²) in [5.74, 6) is -6.19. The molecule has 0 aromatic carbocycles. The predicted molar refractivity (Wildman–Crippen MR) is 40.8 cm³/mol. The molecule has 0 atom stereocenters. The van der Waals surface area contributed by atoms with Crippen molar-refractivity contribution in [3.05, 3.63) is 0 Å². The van der Waals surface area contributed by atoms with E-state index in [1.165, 1.54) is 0 Å². The highest BCUT2D eigenvalue weighted by molar-refractivity contribution is 5.78. The Morgan fingerprint density at radius 2 is 1.54 bits per heavy atom. The van der Waals surface area contributed by atoms with E-state index in [-0.39, 0.29) is 0 Å². The van der Waals surface area contributed by atoms with Crippen molar-refractivity contribution in [1.82, 2.24) is 0 Å². The molecule has 0 aliphatic carbocycles. The van der Waals surface area contributed by atoms with Crippen LogP contribution in [0.3, 0.4) is 0 Å². The summed E-state index contributed by atoms with van der Waals surface area (Å²) in [6.45, 7) is 2.30. The van der Waals surface area contributed by atoms with E-state index >= 15 is 0 Å². The van der Waals surface area contributed by atoms with E-state index in [0.29, 0.717) is 0 Å². The fourth-order valence-electron chi connectivity index (χ4n) is 0.791. The molecule has 0 aliphatic rings. The fourth-order valence-corrected chi connectivity index (χ4v) is 0.791. The van der Waals surface area contributed by atoms with Gasteiger partial charge >= 0.3 is 11.9 Å². The van der Waals surface area contributed by atoms with Crippen LogP contribution < -0.4 is 0 Å². The van der Waals surface area contributed by atoms with Gasteiger partial charge in [0.25, 0.3) is 5.79 Å². The summed E-state index contributed by atoms with van der Waals surface area (Å²) in [7, 11) is 0. The number of hydrogen-bond donors (Lipinski definition) is 4. The second-order valence-corrected chi connectivity index (χ2v) is 3.43. The zero-order chi connectivity index (χ0) is 10.9. The summed E-state index contributed by atoms with van der Waals surface area (Å²) in [6.07, 6.45) is -0.647. The highest BCUT2D eigenvalue weighted by Gasteiger charge is 2.50. The standard InChI is InChI=1S/C7H12O6/c1-6(2,3-4(8)9)7(12,13)5(10)11/h12-13H,3H2,1-2H3,(H,8,9)(H,10,11). The van der Waals surface area contributed by atoms with Gasteiger partial charge in [-0.15, -0.1) is 0 Å². The molecule has 76 valence electrons. The van der Waals surface area contributed by atoms with Crippen molar-refractivity contribution in [3.8, 4) is 0 Å². The molecule has 0 aromatic rings. The summed E-state index contributed by atoms with van der Waals surface area (Å²) in [4.78, 5) is 20.6. The highest BCUT2D eigenvalue weighted by Crippen LogP contribution is 2.32. The van der Waals surface area contributed by atoms with E-state index in [1.807, 2.05) is 0 Å². The Kier molecular flexibility index (Phi) is 3.02. The molecule has 0 heterocycles. The Balaban J connectivity index is 4.80. The zero-order valence-corrected chi connectivity index (χ0v) is 7.31. The van der Waals surface area contributed by atoms with Crippen molar-refractivity contribution in [2.24, 2.45) is 5.41 Å². The molecule has 0 aromatic heterocycles. The van der Waals surface area contributed by atoms with Gasteiger partial charge in [-0.25, -0.2) is 4.79 Å². The molecule has 0 fully saturated rings. The van der Waals surface area contributed by atoms with E-state index < -0.39 is 29.6 Å². The van der Waals surface area contributed by atoms with Gasteiger partial charge in [-0.2, -0.15) is 0 Å². The Bertz CT molecular complexity index is 229. The Labute approximate surface area is 74.4 Å². The fraction of sp³-hybridized carbons (Fsp3) is 0.714. The average molecular weight is 192 g/mol. The average Bonchev–Trinajstić information content (AvgIpc) is 1.83. The van der Waals surface area contributed by atoms with E-state index in [1.54, 1.807) is 0 Å². The topological polar surface area (TPSA) is 115 Å². The maximum Gasteiger partial charge on any atom is 0.364 e. The monoisotopic (exact) mass is 192 g/mol. The van der Waals surface area contributed by atoms with Crippen LogP contribution in [0.5, 0.6) is 0 Å². The maximum absolute atomic E-state index is 10.4. The smallest absolute Gasteiger partial charge is 0.364 e. The van der Waals surface area contributed by atoms with Gasteiger partial charge in [0, 0.05) is 5.41 Å². The molecular formula is C7H12O6. The van der Waals surface area contributed by atoms with Crippen molar-refractivity contribution in [1.29, 1.82) is 0 Å². The van der Waals surface area contributed by atoms with Gasteiger partial charge in [-0.3, -0.25) is 4.79 Å². The van der Waals surface area contributed by atoms with Crippen molar-refractivity contribution >= 4 is 11.9 Å². The molecule has 0 unspecified atom stereocenters. The van der Waals surface area contributed by atoms with Gasteiger partial charge in [0.2, 0.25) is 0 Å². The van der Waals surface area contributed by atoms with Crippen molar-refractivity contribution < 1.29 is 30.0 Å². The van der Waals surface area contributed by atoms with E-state index in [2.05, 4.69) is 0 Å². The lowest BCUT2D eigenvalue weighted by Gasteiger charge is -2.33. The third-order valence-electron chi connectivity index (χ3n) is 1.84. The number of aliphatic carboxylic acids is 2. The molecular weight excluding hydrogens is 180 g/mol. The van der Waals surface area contributed by atoms with Gasteiger partial charge in [-0.05, 0) is 0 Å². The predicted octanol–water partition coefficient (Wildman–Crippen LogP) is -0.747. The largest absolute Gasteiger partial charge is 0.481 e. The lowest BCUT2D eigenvalue weighted by atomic mass is 9.80. The SMILES string of the molecule is CC(C)(CC(=O)O)C(O)(O)C(=O)O. The minimum atomic E-state index is -3.04. The molecule has 0 saturated heterocycles. The maximum atomic E-state index is 10.4. The van der Waals surface area contributed by atoms with Crippen LogP contribution in [0, 0.1) is 5.41 Å².